The van der Waals surface area contributed by atoms with E-state index in [2.05, 4.69) is 4.98 Å². The fourth-order valence-electron chi connectivity index (χ4n) is 2.45. The highest BCUT2D eigenvalue weighted by molar-refractivity contribution is 5.80. The topological polar surface area (TPSA) is 53.4 Å². The van der Waals surface area contributed by atoms with Gasteiger partial charge in [-0.1, -0.05) is 0 Å². The predicted octanol–water partition coefficient (Wildman–Crippen LogP) is 1.98. The quantitative estimate of drug-likeness (QED) is 0.790. The molecule has 1 aliphatic heterocycles. The summed E-state index contributed by atoms with van der Waals surface area (Å²) in [4.78, 5) is 16.5. The molecule has 1 aliphatic rings. The molecule has 0 bridgehead atoms. The first-order chi connectivity index (χ1) is 9.22. The molecule has 1 fully saturated rings. The van der Waals surface area contributed by atoms with Gasteiger partial charge in [-0.2, -0.15) is 0 Å². The van der Waals surface area contributed by atoms with Gasteiger partial charge in [-0.15, -0.1) is 0 Å². The van der Waals surface area contributed by atoms with Crippen LogP contribution in [0.3, 0.4) is 0 Å². The Kier molecular flexibility index (Phi) is 5.10. The van der Waals surface area contributed by atoms with E-state index >= 15 is 0 Å². The van der Waals surface area contributed by atoms with E-state index in [9.17, 15) is 4.79 Å². The Labute approximate surface area is 113 Å². The standard InChI is InChI=1S/C14H22N2O3/c1-3-19-11(2)14-15-6-7-16(14)10-13(17)12-4-8-18-9-5-12/h6-7,11-12H,3-5,8-10H2,1-2H3. The molecule has 0 spiro atoms. The van der Waals surface area contributed by atoms with Gasteiger partial charge in [0.2, 0.25) is 0 Å². The molecule has 2 heterocycles. The van der Waals surface area contributed by atoms with E-state index in [1.54, 1.807) is 6.20 Å². The highest BCUT2D eigenvalue weighted by Crippen LogP contribution is 2.19. The Balaban J connectivity index is 1.98. The lowest BCUT2D eigenvalue weighted by Crippen LogP contribution is -2.27. The van der Waals surface area contributed by atoms with Crippen molar-refractivity contribution in [1.82, 2.24) is 9.55 Å². The Morgan fingerprint density at radius 1 is 1.58 bits per heavy atom. The van der Waals surface area contributed by atoms with Gasteiger partial charge >= 0.3 is 0 Å². The molecule has 2 rings (SSSR count). The number of nitrogens with zero attached hydrogens (tertiary/aromatic N) is 2. The van der Waals surface area contributed by atoms with Crippen molar-refractivity contribution >= 4 is 5.78 Å². The second kappa shape index (κ2) is 6.82. The molecule has 0 radical (unpaired) electrons. The lowest BCUT2D eigenvalue weighted by atomic mass is 9.95. The Hall–Kier alpha value is -1.20. The zero-order chi connectivity index (χ0) is 13.7. The van der Waals surface area contributed by atoms with Crippen LogP contribution in [0.25, 0.3) is 0 Å². The second-order valence-electron chi connectivity index (χ2n) is 4.86. The van der Waals surface area contributed by atoms with Crippen molar-refractivity contribution in [1.29, 1.82) is 0 Å². The van der Waals surface area contributed by atoms with Gasteiger partial charge in [0.15, 0.2) is 5.78 Å². The van der Waals surface area contributed by atoms with Crippen LogP contribution in [0.5, 0.6) is 0 Å². The molecule has 5 nitrogen and oxygen atoms in total. The summed E-state index contributed by atoms with van der Waals surface area (Å²) in [6.45, 7) is 6.34. The summed E-state index contributed by atoms with van der Waals surface area (Å²) in [5, 5.41) is 0. The van der Waals surface area contributed by atoms with Gasteiger partial charge in [0, 0.05) is 38.1 Å². The smallest absolute Gasteiger partial charge is 0.155 e. The maximum Gasteiger partial charge on any atom is 0.155 e. The van der Waals surface area contributed by atoms with Crippen molar-refractivity contribution in [3.05, 3.63) is 18.2 Å². The largest absolute Gasteiger partial charge is 0.381 e. The number of hydrogen-bond acceptors (Lipinski definition) is 4. The monoisotopic (exact) mass is 266 g/mol. The molecule has 1 saturated heterocycles. The lowest BCUT2D eigenvalue weighted by molar-refractivity contribution is -0.126. The summed E-state index contributed by atoms with van der Waals surface area (Å²) in [5.41, 5.74) is 0. The van der Waals surface area contributed by atoms with Crippen LogP contribution in [0, 0.1) is 5.92 Å². The maximum atomic E-state index is 12.3. The average Bonchev–Trinajstić information content (AvgIpc) is 2.88. The molecule has 5 heteroatoms. The maximum absolute atomic E-state index is 12.3. The van der Waals surface area contributed by atoms with Crippen LogP contribution in [0.2, 0.25) is 0 Å². The number of ether oxygens (including phenoxy) is 2. The minimum atomic E-state index is -0.0810. The van der Waals surface area contributed by atoms with Gasteiger partial charge in [-0.3, -0.25) is 4.79 Å². The molecule has 0 saturated carbocycles. The normalized spacial score (nSPS) is 18.4. The zero-order valence-electron chi connectivity index (χ0n) is 11.7. The molecule has 1 unspecified atom stereocenters. The average molecular weight is 266 g/mol. The first kappa shape index (κ1) is 14.2. The summed E-state index contributed by atoms with van der Waals surface area (Å²) in [6, 6.07) is 0. The number of carbonyl (C=O) groups is 1. The molecule has 19 heavy (non-hydrogen) atoms. The number of carbonyl (C=O) groups excluding carboxylic acids is 1. The first-order valence-corrected chi connectivity index (χ1v) is 6.95. The molecule has 0 aromatic carbocycles. The summed E-state index contributed by atoms with van der Waals surface area (Å²) >= 11 is 0. The molecule has 0 amide bonds. The van der Waals surface area contributed by atoms with Gasteiger partial charge in [-0.05, 0) is 26.7 Å². The molecule has 106 valence electrons. The zero-order valence-corrected chi connectivity index (χ0v) is 11.7. The third-order valence-corrected chi connectivity index (χ3v) is 3.53. The van der Waals surface area contributed by atoms with Crippen LogP contribution in [-0.4, -0.2) is 35.2 Å². The van der Waals surface area contributed by atoms with Gasteiger partial charge in [0.1, 0.15) is 11.9 Å². The van der Waals surface area contributed by atoms with E-state index in [4.69, 9.17) is 9.47 Å². The second-order valence-corrected chi connectivity index (χ2v) is 4.86. The third-order valence-electron chi connectivity index (χ3n) is 3.53. The lowest BCUT2D eigenvalue weighted by Gasteiger charge is -2.21. The van der Waals surface area contributed by atoms with E-state index in [1.807, 2.05) is 24.6 Å². The molecular formula is C14H22N2O3. The summed E-state index contributed by atoms with van der Waals surface area (Å²) in [6.07, 6.45) is 5.17. The van der Waals surface area contributed by atoms with Gasteiger partial charge in [0.05, 0.1) is 6.54 Å². The van der Waals surface area contributed by atoms with Crippen LogP contribution in [0.4, 0.5) is 0 Å². The van der Waals surface area contributed by atoms with Crippen molar-refractivity contribution in [3.63, 3.8) is 0 Å². The van der Waals surface area contributed by atoms with Gasteiger partial charge in [-0.25, -0.2) is 4.98 Å². The molecular weight excluding hydrogens is 244 g/mol. The van der Waals surface area contributed by atoms with E-state index < -0.39 is 0 Å². The number of ketones is 1. The highest BCUT2D eigenvalue weighted by atomic mass is 16.5. The van der Waals surface area contributed by atoms with Crippen molar-refractivity contribution in [2.24, 2.45) is 5.92 Å². The Morgan fingerprint density at radius 3 is 3.00 bits per heavy atom. The summed E-state index contributed by atoms with van der Waals surface area (Å²) < 4.78 is 12.7. The van der Waals surface area contributed by atoms with Crippen LogP contribution in [-0.2, 0) is 20.8 Å². The predicted molar refractivity (Wildman–Crippen MR) is 70.8 cm³/mol. The van der Waals surface area contributed by atoms with Crippen molar-refractivity contribution < 1.29 is 14.3 Å². The Bertz CT molecular complexity index is 411. The molecule has 0 aliphatic carbocycles. The van der Waals surface area contributed by atoms with Crippen LogP contribution < -0.4 is 0 Å². The number of rotatable bonds is 6. The fraction of sp³-hybridized carbons (Fsp3) is 0.714. The Morgan fingerprint density at radius 2 is 2.32 bits per heavy atom. The van der Waals surface area contributed by atoms with E-state index in [-0.39, 0.29) is 17.8 Å². The molecule has 1 aromatic rings. The summed E-state index contributed by atoms with van der Waals surface area (Å²) in [5.74, 6) is 1.22. The van der Waals surface area contributed by atoms with Crippen molar-refractivity contribution in [3.8, 4) is 0 Å². The highest BCUT2D eigenvalue weighted by Gasteiger charge is 2.23. The van der Waals surface area contributed by atoms with Crippen LogP contribution in [0.15, 0.2) is 12.4 Å². The third kappa shape index (κ3) is 3.64. The minimum Gasteiger partial charge on any atom is -0.381 e. The van der Waals surface area contributed by atoms with Gasteiger partial charge in [0.25, 0.3) is 0 Å². The summed E-state index contributed by atoms with van der Waals surface area (Å²) in [7, 11) is 0. The van der Waals surface area contributed by atoms with E-state index in [1.165, 1.54) is 0 Å². The number of Topliss-reactive ketones (excluding diaryl/α,β-unsaturated/α-hetero) is 1. The van der Waals surface area contributed by atoms with Crippen LogP contribution >= 0.6 is 0 Å². The molecule has 0 N–H and O–H groups in total. The van der Waals surface area contributed by atoms with E-state index in [0.29, 0.717) is 26.4 Å². The minimum absolute atomic E-state index is 0.0810. The van der Waals surface area contributed by atoms with Crippen molar-refractivity contribution in [2.75, 3.05) is 19.8 Å². The first-order valence-electron chi connectivity index (χ1n) is 6.95. The van der Waals surface area contributed by atoms with Crippen molar-refractivity contribution in [2.45, 2.75) is 39.3 Å². The molecule has 1 aromatic heterocycles. The number of aromatic nitrogens is 2. The van der Waals surface area contributed by atoms with Gasteiger partial charge < -0.3 is 14.0 Å². The SMILES string of the molecule is CCOC(C)c1nccn1CC(=O)C1CCOCC1. The van der Waals surface area contributed by atoms with Crippen LogP contribution in [0.1, 0.15) is 38.6 Å². The fourth-order valence-corrected chi connectivity index (χ4v) is 2.45. The number of imidazole rings is 1. The molecule has 1 atom stereocenters. The number of hydrogen-bond donors (Lipinski definition) is 0. The van der Waals surface area contributed by atoms with E-state index in [0.717, 1.165) is 18.7 Å².